The lowest BCUT2D eigenvalue weighted by Crippen LogP contribution is -2.56. The first kappa shape index (κ1) is 17.9. The third kappa shape index (κ3) is 2.83. The summed E-state index contributed by atoms with van der Waals surface area (Å²) in [6.45, 7) is 6.45. The molecule has 4 rings (SSSR count). The van der Waals surface area contributed by atoms with Gasteiger partial charge in [0.15, 0.2) is 0 Å². The van der Waals surface area contributed by atoms with Crippen LogP contribution in [0.3, 0.4) is 0 Å². The number of hydrogen-bond donors (Lipinski definition) is 2. The van der Waals surface area contributed by atoms with E-state index in [-0.39, 0.29) is 12.1 Å². The van der Waals surface area contributed by atoms with Gasteiger partial charge in [-0.15, -0.1) is 0 Å². The Balaban J connectivity index is 1.63. The van der Waals surface area contributed by atoms with Crippen LogP contribution in [0, 0.1) is 0 Å². The predicted molar refractivity (Wildman–Crippen MR) is 109 cm³/mol. The van der Waals surface area contributed by atoms with Gasteiger partial charge < -0.3 is 20.1 Å². The highest BCUT2D eigenvalue weighted by Crippen LogP contribution is 2.45. The second-order valence-electron chi connectivity index (χ2n) is 7.56. The molecule has 1 aliphatic carbocycles. The lowest BCUT2D eigenvalue weighted by molar-refractivity contribution is 0.124. The highest BCUT2D eigenvalue weighted by atomic mass is 79.9. The van der Waals surface area contributed by atoms with Crippen molar-refractivity contribution in [3.8, 4) is 0 Å². The third-order valence-electron chi connectivity index (χ3n) is 6.18. The molecule has 2 aromatic rings. The Morgan fingerprint density at radius 1 is 1.38 bits per heavy atom. The smallest absolute Gasteiger partial charge is 0.317 e. The van der Waals surface area contributed by atoms with Gasteiger partial charge in [0.05, 0.1) is 4.60 Å². The van der Waals surface area contributed by atoms with Crippen LogP contribution in [0.1, 0.15) is 37.3 Å². The fourth-order valence-corrected chi connectivity index (χ4v) is 5.44. The zero-order valence-corrected chi connectivity index (χ0v) is 17.3. The van der Waals surface area contributed by atoms with E-state index in [1.165, 1.54) is 22.0 Å². The maximum atomic E-state index is 12.5. The number of likely N-dealkylation sites (N-methyl/N-ethyl adjacent to an activating group) is 1. The van der Waals surface area contributed by atoms with Crippen LogP contribution in [0.25, 0.3) is 10.9 Å². The average molecular weight is 419 g/mol. The largest absolute Gasteiger partial charge is 0.349 e. The number of carbonyl (C=O) groups is 1. The van der Waals surface area contributed by atoms with Crippen LogP contribution in [0.15, 0.2) is 22.8 Å². The molecule has 26 heavy (non-hydrogen) atoms. The molecule has 0 spiro atoms. The van der Waals surface area contributed by atoms with E-state index in [2.05, 4.69) is 56.4 Å². The molecular weight excluding hydrogens is 392 g/mol. The molecule has 2 unspecified atom stereocenters. The van der Waals surface area contributed by atoms with Gasteiger partial charge in [0, 0.05) is 48.5 Å². The predicted octanol–water partition coefficient (Wildman–Crippen LogP) is 3.69. The summed E-state index contributed by atoms with van der Waals surface area (Å²) in [5, 5.41) is 4.65. The van der Waals surface area contributed by atoms with Gasteiger partial charge in [-0.05, 0) is 66.9 Å². The molecule has 1 fully saturated rings. The minimum atomic E-state index is 0.0611. The van der Waals surface area contributed by atoms with Gasteiger partial charge in [0.1, 0.15) is 0 Å². The summed E-state index contributed by atoms with van der Waals surface area (Å²) in [4.78, 5) is 20.3. The fourth-order valence-electron chi connectivity index (χ4n) is 4.87. The summed E-state index contributed by atoms with van der Waals surface area (Å²) in [6.07, 6.45) is 2.05. The number of nitrogens with one attached hydrogen (secondary N) is 2. The van der Waals surface area contributed by atoms with Crippen LogP contribution in [-0.4, -0.2) is 59.6 Å². The number of aromatic nitrogens is 1. The summed E-state index contributed by atoms with van der Waals surface area (Å²) >= 11 is 3.71. The molecule has 0 saturated carbocycles. The molecule has 1 aliphatic heterocycles. The number of fused-ring (bicyclic) bond motifs is 2. The van der Waals surface area contributed by atoms with Crippen molar-refractivity contribution in [3.63, 3.8) is 0 Å². The Morgan fingerprint density at radius 3 is 2.88 bits per heavy atom. The van der Waals surface area contributed by atoms with Gasteiger partial charge in [0.25, 0.3) is 0 Å². The average Bonchev–Trinajstić information content (AvgIpc) is 2.94. The Kier molecular flexibility index (Phi) is 4.73. The molecule has 2 amide bonds. The van der Waals surface area contributed by atoms with E-state index in [9.17, 15) is 4.79 Å². The summed E-state index contributed by atoms with van der Waals surface area (Å²) in [7, 11) is 2.19. The number of urea groups is 1. The first-order valence-corrected chi connectivity index (χ1v) is 10.4. The zero-order valence-electron chi connectivity index (χ0n) is 15.7. The van der Waals surface area contributed by atoms with Crippen molar-refractivity contribution in [3.05, 3.63) is 33.9 Å². The molecular formula is C20H27BrN4O. The molecule has 5 nitrogen and oxygen atoms in total. The minimum absolute atomic E-state index is 0.0611. The number of hydrogen-bond acceptors (Lipinski definition) is 2. The fraction of sp³-hybridized carbons (Fsp3) is 0.550. The number of aromatic amines is 1. The number of likely N-dealkylation sites (tertiary alicyclic amines) is 1. The van der Waals surface area contributed by atoms with Gasteiger partial charge in [-0.1, -0.05) is 12.1 Å². The number of amides is 2. The van der Waals surface area contributed by atoms with Gasteiger partial charge in [-0.3, -0.25) is 0 Å². The molecule has 140 valence electrons. The lowest BCUT2D eigenvalue weighted by Gasteiger charge is -2.46. The van der Waals surface area contributed by atoms with Crippen molar-refractivity contribution < 1.29 is 4.79 Å². The van der Waals surface area contributed by atoms with Gasteiger partial charge in [-0.25, -0.2) is 4.79 Å². The number of halogens is 1. The van der Waals surface area contributed by atoms with Crippen LogP contribution < -0.4 is 5.32 Å². The van der Waals surface area contributed by atoms with Crippen molar-refractivity contribution in [2.45, 2.75) is 44.7 Å². The topological polar surface area (TPSA) is 51.4 Å². The standard InChI is InChI=1S/C20H27BrN4O/c1-4-25(5-2)20(26)22-12-9-14-13-7-6-8-16-18(13)15(19(21)23-16)10-17(14)24(3)11-12/h6-8,12,14,17,23H,4-5,9-11H2,1-3H3,(H,22,26)/t12?,14?,17-/m1/s1. The molecule has 6 heteroatoms. The summed E-state index contributed by atoms with van der Waals surface area (Å²) < 4.78 is 1.11. The second kappa shape index (κ2) is 6.89. The van der Waals surface area contributed by atoms with Crippen LogP contribution in [0.4, 0.5) is 4.79 Å². The van der Waals surface area contributed by atoms with Crippen LogP contribution >= 0.6 is 15.9 Å². The Hall–Kier alpha value is -1.53. The number of nitrogens with zero attached hydrogens (tertiary/aromatic N) is 2. The summed E-state index contributed by atoms with van der Waals surface area (Å²) in [6, 6.07) is 7.30. The summed E-state index contributed by atoms with van der Waals surface area (Å²) in [5.74, 6) is 0.453. The zero-order chi connectivity index (χ0) is 18.4. The first-order valence-electron chi connectivity index (χ1n) is 9.58. The Labute approximate surface area is 163 Å². The first-order chi connectivity index (χ1) is 12.5. The van der Waals surface area contributed by atoms with Crippen LogP contribution in [0.5, 0.6) is 0 Å². The number of benzene rings is 1. The van der Waals surface area contributed by atoms with E-state index in [4.69, 9.17) is 0 Å². The SMILES string of the molecule is CCN(CC)C(=O)NC1CC2c3cccc4[nH]c(Br)c(c34)C[C@H]2N(C)C1. The van der Waals surface area contributed by atoms with Crippen LogP contribution in [-0.2, 0) is 6.42 Å². The van der Waals surface area contributed by atoms with Crippen molar-refractivity contribution >= 4 is 32.9 Å². The number of piperidine rings is 1. The van der Waals surface area contributed by atoms with Gasteiger partial charge in [-0.2, -0.15) is 0 Å². The van der Waals surface area contributed by atoms with E-state index in [0.717, 1.165) is 37.1 Å². The van der Waals surface area contributed by atoms with Crippen molar-refractivity contribution in [2.24, 2.45) is 0 Å². The molecule has 2 heterocycles. The number of rotatable bonds is 3. The van der Waals surface area contributed by atoms with Crippen molar-refractivity contribution in [1.29, 1.82) is 0 Å². The molecule has 1 saturated heterocycles. The molecule has 2 N–H and O–H groups in total. The maximum absolute atomic E-state index is 12.5. The normalized spacial score (nSPS) is 25.2. The molecule has 2 aliphatic rings. The molecule has 0 bridgehead atoms. The van der Waals surface area contributed by atoms with E-state index in [1.54, 1.807) is 0 Å². The van der Waals surface area contributed by atoms with Crippen molar-refractivity contribution in [1.82, 2.24) is 20.1 Å². The van der Waals surface area contributed by atoms with Crippen LogP contribution in [0.2, 0.25) is 0 Å². The maximum Gasteiger partial charge on any atom is 0.317 e. The highest BCUT2D eigenvalue weighted by Gasteiger charge is 2.40. The summed E-state index contributed by atoms with van der Waals surface area (Å²) in [5.41, 5.74) is 4.03. The van der Waals surface area contributed by atoms with E-state index >= 15 is 0 Å². The molecule has 3 atom stereocenters. The molecule has 1 aromatic carbocycles. The highest BCUT2D eigenvalue weighted by molar-refractivity contribution is 9.10. The van der Waals surface area contributed by atoms with Gasteiger partial charge in [0.2, 0.25) is 0 Å². The second-order valence-corrected chi connectivity index (χ2v) is 8.35. The van der Waals surface area contributed by atoms with E-state index in [0.29, 0.717) is 12.0 Å². The van der Waals surface area contributed by atoms with Crippen molar-refractivity contribution in [2.75, 3.05) is 26.7 Å². The minimum Gasteiger partial charge on any atom is -0.349 e. The molecule has 0 radical (unpaired) electrons. The quantitative estimate of drug-likeness (QED) is 0.798. The number of carbonyl (C=O) groups excluding carboxylic acids is 1. The Bertz CT molecular complexity index is 829. The Morgan fingerprint density at radius 2 is 2.15 bits per heavy atom. The van der Waals surface area contributed by atoms with E-state index < -0.39 is 0 Å². The van der Waals surface area contributed by atoms with Gasteiger partial charge >= 0.3 is 6.03 Å². The molecule has 1 aromatic heterocycles. The number of H-pyrrole nitrogens is 1. The monoisotopic (exact) mass is 418 g/mol. The lowest BCUT2D eigenvalue weighted by atomic mass is 9.74. The van der Waals surface area contributed by atoms with E-state index in [1.807, 2.05) is 18.7 Å². The third-order valence-corrected chi connectivity index (χ3v) is 6.85.